The van der Waals surface area contributed by atoms with Gasteiger partial charge < -0.3 is 10.6 Å². The summed E-state index contributed by atoms with van der Waals surface area (Å²) in [5.74, 6) is 0.692. The molecular formula is C11H20N4O. The van der Waals surface area contributed by atoms with Crippen molar-refractivity contribution < 1.29 is 4.79 Å². The first-order chi connectivity index (χ1) is 7.76. The highest BCUT2D eigenvalue weighted by atomic mass is 16.2. The normalized spacial score (nSPS) is 20.6. The number of amides is 1. The van der Waals surface area contributed by atoms with Gasteiger partial charge in [-0.1, -0.05) is 0 Å². The number of carbonyl (C=O) groups excluding carboxylic acids is 1. The van der Waals surface area contributed by atoms with E-state index >= 15 is 0 Å². The Morgan fingerprint density at radius 3 is 3.12 bits per heavy atom. The quantitative estimate of drug-likeness (QED) is 0.600. The van der Waals surface area contributed by atoms with Gasteiger partial charge in [0.2, 0.25) is 5.91 Å². The van der Waals surface area contributed by atoms with Crippen LogP contribution in [0.3, 0.4) is 0 Å². The molecule has 1 aliphatic heterocycles. The maximum Gasteiger partial charge on any atom is 0.234 e. The molecule has 0 bridgehead atoms. The van der Waals surface area contributed by atoms with Crippen LogP contribution in [0.25, 0.3) is 0 Å². The van der Waals surface area contributed by atoms with Crippen molar-refractivity contribution >= 4 is 5.91 Å². The van der Waals surface area contributed by atoms with Gasteiger partial charge in [-0.05, 0) is 32.5 Å². The molecule has 1 amide bonds. The molecule has 16 heavy (non-hydrogen) atoms. The smallest absolute Gasteiger partial charge is 0.234 e. The second-order valence-electron chi connectivity index (χ2n) is 4.21. The van der Waals surface area contributed by atoms with E-state index in [4.69, 9.17) is 5.26 Å². The predicted molar refractivity (Wildman–Crippen MR) is 61.7 cm³/mol. The Labute approximate surface area is 96.8 Å². The largest absolute Gasteiger partial charge is 0.354 e. The molecule has 0 spiro atoms. The summed E-state index contributed by atoms with van der Waals surface area (Å²) in [6, 6.07) is 2.00. The Morgan fingerprint density at radius 1 is 1.62 bits per heavy atom. The Hall–Kier alpha value is -1.12. The van der Waals surface area contributed by atoms with Gasteiger partial charge in [-0.2, -0.15) is 5.26 Å². The van der Waals surface area contributed by atoms with Gasteiger partial charge in [-0.15, -0.1) is 0 Å². The molecule has 5 heteroatoms. The van der Waals surface area contributed by atoms with Gasteiger partial charge in [0.15, 0.2) is 0 Å². The Kier molecular flexibility index (Phi) is 5.83. The number of hydrogen-bond acceptors (Lipinski definition) is 4. The highest BCUT2D eigenvalue weighted by Gasteiger charge is 2.22. The Balaban J connectivity index is 2.13. The van der Waals surface area contributed by atoms with Crippen molar-refractivity contribution in [1.82, 2.24) is 15.5 Å². The van der Waals surface area contributed by atoms with Gasteiger partial charge in [-0.3, -0.25) is 9.69 Å². The van der Waals surface area contributed by atoms with Crippen LogP contribution in [0.5, 0.6) is 0 Å². The average Bonchev–Trinajstić information content (AvgIpc) is 2.66. The standard InChI is InChI=1S/C11H20N4O/c1-13-7-10-3-6-15(8-10)9-11(16)14-5-2-4-12/h10,13H,2-3,5-9H2,1H3,(H,14,16). The predicted octanol–water partition coefficient (Wildman–Crippen LogP) is -0.442. The third-order valence-corrected chi connectivity index (χ3v) is 2.79. The molecule has 0 aromatic carbocycles. The third kappa shape index (κ3) is 4.60. The SMILES string of the molecule is CNCC1CCN(CC(=O)NCCC#N)C1. The second kappa shape index (κ2) is 7.20. The van der Waals surface area contributed by atoms with Crippen molar-refractivity contribution in [3.8, 4) is 6.07 Å². The molecule has 0 aliphatic carbocycles. The van der Waals surface area contributed by atoms with E-state index in [0.29, 0.717) is 25.4 Å². The summed E-state index contributed by atoms with van der Waals surface area (Å²) < 4.78 is 0. The van der Waals surface area contributed by atoms with Gasteiger partial charge in [0.25, 0.3) is 0 Å². The van der Waals surface area contributed by atoms with Crippen LogP contribution in [0.2, 0.25) is 0 Å². The fourth-order valence-corrected chi connectivity index (χ4v) is 2.03. The molecule has 1 rings (SSSR count). The lowest BCUT2D eigenvalue weighted by molar-refractivity contribution is -0.122. The van der Waals surface area contributed by atoms with Crippen molar-refractivity contribution in [3.05, 3.63) is 0 Å². The van der Waals surface area contributed by atoms with Gasteiger partial charge in [0, 0.05) is 13.1 Å². The van der Waals surface area contributed by atoms with Crippen LogP contribution >= 0.6 is 0 Å². The van der Waals surface area contributed by atoms with Crippen molar-refractivity contribution in [2.75, 3.05) is 39.8 Å². The molecule has 0 aromatic rings. The number of carbonyl (C=O) groups is 1. The van der Waals surface area contributed by atoms with Crippen molar-refractivity contribution in [3.63, 3.8) is 0 Å². The Morgan fingerprint density at radius 2 is 2.44 bits per heavy atom. The molecule has 0 aromatic heterocycles. The first-order valence-electron chi connectivity index (χ1n) is 5.77. The first-order valence-corrected chi connectivity index (χ1v) is 5.77. The fraction of sp³-hybridized carbons (Fsp3) is 0.818. The Bertz CT molecular complexity index is 261. The minimum Gasteiger partial charge on any atom is -0.354 e. The van der Waals surface area contributed by atoms with E-state index < -0.39 is 0 Å². The van der Waals surface area contributed by atoms with E-state index in [1.807, 2.05) is 13.1 Å². The molecular weight excluding hydrogens is 204 g/mol. The summed E-state index contributed by atoms with van der Waals surface area (Å²) in [6.45, 7) is 3.94. The van der Waals surface area contributed by atoms with Gasteiger partial charge in [-0.25, -0.2) is 0 Å². The van der Waals surface area contributed by atoms with Gasteiger partial charge >= 0.3 is 0 Å². The molecule has 5 nitrogen and oxygen atoms in total. The minimum atomic E-state index is 0.0281. The number of nitrogens with zero attached hydrogens (tertiary/aromatic N) is 2. The molecule has 2 N–H and O–H groups in total. The van der Waals surface area contributed by atoms with E-state index in [-0.39, 0.29) is 5.91 Å². The number of rotatable bonds is 6. The summed E-state index contributed by atoms with van der Waals surface area (Å²) in [4.78, 5) is 13.6. The molecule has 1 saturated heterocycles. The van der Waals surface area contributed by atoms with Crippen LogP contribution in [0.15, 0.2) is 0 Å². The van der Waals surface area contributed by atoms with E-state index in [1.165, 1.54) is 0 Å². The zero-order chi connectivity index (χ0) is 11.8. The highest BCUT2D eigenvalue weighted by Crippen LogP contribution is 2.14. The summed E-state index contributed by atoms with van der Waals surface area (Å²) in [5, 5.41) is 14.2. The molecule has 1 fully saturated rings. The summed E-state index contributed by atoms with van der Waals surface area (Å²) >= 11 is 0. The topological polar surface area (TPSA) is 68.2 Å². The maximum absolute atomic E-state index is 11.5. The second-order valence-corrected chi connectivity index (χ2v) is 4.21. The lowest BCUT2D eigenvalue weighted by Gasteiger charge is -2.15. The lowest BCUT2D eigenvalue weighted by atomic mass is 10.1. The molecule has 1 aliphatic rings. The maximum atomic E-state index is 11.5. The molecule has 0 saturated carbocycles. The summed E-state index contributed by atoms with van der Waals surface area (Å²) in [5.41, 5.74) is 0. The van der Waals surface area contributed by atoms with Crippen molar-refractivity contribution in [2.24, 2.45) is 5.92 Å². The first kappa shape index (κ1) is 12.9. The number of nitriles is 1. The molecule has 1 atom stereocenters. The summed E-state index contributed by atoms with van der Waals surface area (Å²) in [7, 11) is 1.96. The zero-order valence-electron chi connectivity index (χ0n) is 9.83. The van der Waals surface area contributed by atoms with E-state index in [2.05, 4.69) is 15.5 Å². The van der Waals surface area contributed by atoms with Crippen LogP contribution < -0.4 is 10.6 Å². The number of nitrogens with one attached hydrogen (secondary N) is 2. The van der Waals surface area contributed by atoms with Crippen LogP contribution in [-0.2, 0) is 4.79 Å². The average molecular weight is 224 g/mol. The number of hydrogen-bond donors (Lipinski definition) is 2. The highest BCUT2D eigenvalue weighted by molar-refractivity contribution is 5.78. The van der Waals surface area contributed by atoms with Gasteiger partial charge in [0.1, 0.15) is 0 Å². The third-order valence-electron chi connectivity index (χ3n) is 2.79. The minimum absolute atomic E-state index is 0.0281. The van der Waals surface area contributed by atoms with E-state index in [0.717, 1.165) is 26.1 Å². The van der Waals surface area contributed by atoms with Crippen LogP contribution in [0, 0.1) is 17.2 Å². The molecule has 90 valence electrons. The molecule has 1 heterocycles. The molecule has 1 unspecified atom stereocenters. The van der Waals surface area contributed by atoms with Gasteiger partial charge in [0.05, 0.1) is 19.0 Å². The van der Waals surface area contributed by atoms with E-state index in [9.17, 15) is 4.79 Å². The van der Waals surface area contributed by atoms with Crippen molar-refractivity contribution in [2.45, 2.75) is 12.8 Å². The zero-order valence-corrected chi connectivity index (χ0v) is 9.83. The van der Waals surface area contributed by atoms with Crippen molar-refractivity contribution in [1.29, 1.82) is 5.26 Å². The lowest BCUT2D eigenvalue weighted by Crippen LogP contribution is -2.36. The summed E-state index contributed by atoms with van der Waals surface area (Å²) in [6.07, 6.45) is 1.54. The van der Waals surface area contributed by atoms with Crippen LogP contribution in [0.4, 0.5) is 0 Å². The number of likely N-dealkylation sites (tertiary alicyclic amines) is 1. The van der Waals surface area contributed by atoms with E-state index in [1.54, 1.807) is 0 Å². The fourth-order valence-electron chi connectivity index (χ4n) is 2.03. The van der Waals surface area contributed by atoms with Crippen LogP contribution in [-0.4, -0.2) is 50.6 Å². The monoisotopic (exact) mass is 224 g/mol. The molecule has 0 radical (unpaired) electrons. The van der Waals surface area contributed by atoms with Crippen LogP contribution in [0.1, 0.15) is 12.8 Å².